The van der Waals surface area contributed by atoms with Gasteiger partial charge in [-0.1, -0.05) is 32.1 Å². The fourth-order valence-corrected chi connectivity index (χ4v) is 3.40. The molecule has 0 saturated heterocycles. The Bertz CT molecular complexity index is 480. The lowest BCUT2D eigenvalue weighted by atomic mass is 9.87. The first-order valence-electron chi connectivity index (χ1n) is 7.02. The van der Waals surface area contributed by atoms with Crippen molar-refractivity contribution in [1.82, 2.24) is 9.78 Å². The predicted octanol–water partition coefficient (Wildman–Crippen LogP) is 2.95. The van der Waals surface area contributed by atoms with E-state index in [2.05, 4.69) is 25.9 Å². The van der Waals surface area contributed by atoms with Gasteiger partial charge in [0.1, 0.15) is 4.47 Å². The van der Waals surface area contributed by atoms with E-state index in [1.54, 1.807) is 13.2 Å². The third kappa shape index (κ3) is 3.59. The standard InChI is InChI=1S/C14H22BrN3O/c1-17(9-8-11-6-4-3-5-7-11)12-10-16-18(2)14(19)13(12)15/h10-11H,3-9H2,1-2H3. The second-order valence-corrected chi connectivity index (χ2v) is 6.28. The van der Waals surface area contributed by atoms with Crippen LogP contribution in [0.3, 0.4) is 0 Å². The monoisotopic (exact) mass is 327 g/mol. The minimum atomic E-state index is -0.0815. The van der Waals surface area contributed by atoms with E-state index in [1.165, 1.54) is 43.2 Å². The predicted molar refractivity (Wildman–Crippen MR) is 81.6 cm³/mol. The van der Waals surface area contributed by atoms with Crippen molar-refractivity contribution < 1.29 is 0 Å². The molecule has 1 aliphatic carbocycles. The number of nitrogens with zero attached hydrogens (tertiary/aromatic N) is 3. The van der Waals surface area contributed by atoms with Crippen LogP contribution in [0.2, 0.25) is 0 Å². The number of hydrogen-bond acceptors (Lipinski definition) is 3. The first kappa shape index (κ1) is 14.6. The van der Waals surface area contributed by atoms with Gasteiger partial charge in [-0.05, 0) is 28.3 Å². The highest BCUT2D eigenvalue weighted by atomic mass is 79.9. The molecule has 1 heterocycles. The van der Waals surface area contributed by atoms with Crippen molar-refractivity contribution in [2.24, 2.45) is 13.0 Å². The minimum absolute atomic E-state index is 0.0815. The molecule has 0 N–H and O–H groups in total. The van der Waals surface area contributed by atoms with Gasteiger partial charge in [0.2, 0.25) is 0 Å². The van der Waals surface area contributed by atoms with Crippen LogP contribution in [0.15, 0.2) is 15.5 Å². The van der Waals surface area contributed by atoms with Gasteiger partial charge in [-0.3, -0.25) is 4.79 Å². The molecule has 1 aromatic heterocycles. The Balaban J connectivity index is 1.97. The normalized spacial score (nSPS) is 16.6. The summed E-state index contributed by atoms with van der Waals surface area (Å²) in [6.45, 7) is 0.984. The van der Waals surface area contributed by atoms with E-state index >= 15 is 0 Å². The number of anilines is 1. The first-order chi connectivity index (χ1) is 9.09. The van der Waals surface area contributed by atoms with Gasteiger partial charge >= 0.3 is 0 Å². The molecule has 0 unspecified atom stereocenters. The van der Waals surface area contributed by atoms with Crippen molar-refractivity contribution in [2.45, 2.75) is 38.5 Å². The highest BCUT2D eigenvalue weighted by Gasteiger charge is 2.16. The quantitative estimate of drug-likeness (QED) is 0.853. The Labute approximate surface area is 122 Å². The number of rotatable bonds is 4. The minimum Gasteiger partial charge on any atom is -0.372 e. The number of hydrogen-bond donors (Lipinski definition) is 0. The summed E-state index contributed by atoms with van der Waals surface area (Å²) in [4.78, 5) is 14.0. The molecule has 0 aromatic carbocycles. The average Bonchev–Trinajstić information content (AvgIpc) is 2.43. The molecular formula is C14H22BrN3O. The number of halogens is 1. The van der Waals surface area contributed by atoms with Crippen LogP contribution in [0, 0.1) is 5.92 Å². The Morgan fingerprint density at radius 1 is 1.42 bits per heavy atom. The molecule has 4 nitrogen and oxygen atoms in total. The van der Waals surface area contributed by atoms with Gasteiger partial charge in [0.05, 0.1) is 11.9 Å². The number of aromatic nitrogens is 2. The van der Waals surface area contributed by atoms with Gasteiger partial charge in [0.15, 0.2) is 0 Å². The zero-order valence-corrected chi connectivity index (χ0v) is 13.3. The lowest BCUT2D eigenvalue weighted by molar-refractivity contribution is 0.341. The van der Waals surface area contributed by atoms with E-state index < -0.39 is 0 Å². The summed E-state index contributed by atoms with van der Waals surface area (Å²) in [5.41, 5.74) is 0.806. The summed E-state index contributed by atoms with van der Waals surface area (Å²) in [6.07, 6.45) is 9.85. The molecule has 0 bridgehead atoms. The van der Waals surface area contributed by atoms with Crippen molar-refractivity contribution in [3.05, 3.63) is 21.0 Å². The highest BCUT2D eigenvalue weighted by molar-refractivity contribution is 9.10. The first-order valence-corrected chi connectivity index (χ1v) is 7.82. The highest BCUT2D eigenvalue weighted by Crippen LogP contribution is 2.27. The van der Waals surface area contributed by atoms with Crippen LogP contribution < -0.4 is 10.5 Å². The molecule has 2 rings (SSSR count). The Hall–Kier alpha value is -0.840. The van der Waals surface area contributed by atoms with Crippen molar-refractivity contribution in [3.63, 3.8) is 0 Å². The third-order valence-electron chi connectivity index (χ3n) is 4.07. The third-order valence-corrected chi connectivity index (χ3v) is 4.81. The summed E-state index contributed by atoms with van der Waals surface area (Å²) in [5, 5.41) is 4.09. The van der Waals surface area contributed by atoms with E-state index in [1.807, 2.05) is 7.05 Å². The van der Waals surface area contributed by atoms with Gasteiger partial charge in [-0.2, -0.15) is 5.10 Å². The van der Waals surface area contributed by atoms with Crippen LogP contribution in [0.1, 0.15) is 38.5 Å². The van der Waals surface area contributed by atoms with E-state index in [4.69, 9.17) is 0 Å². The molecular weight excluding hydrogens is 306 g/mol. The van der Waals surface area contributed by atoms with Gasteiger partial charge in [0, 0.05) is 20.6 Å². The molecule has 0 amide bonds. The van der Waals surface area contributed by atoms with Gasteiger partial charge in [-0.25, -0.2) is 4.68 Å². The zero-order valence-electron chi connectivity index (χ0n) is 11.7. The van der Waals surface area contributed by atoms with E-state index in [0.717, 1.165) is 18.2 Å². The van der Waals surface area contributed by atoms with Crippen LogP contribution in [-0.4, -0.2) is 23.4 Å². The smallest absolute Gasteiger partial charge is 0.282 e. The van der Waals surface area contributed by atoms with Crippen molar-refractivity contribution in [2.75, 3.05) is 18.5 Å². The van der Waals surface area contributed by atoms with E-state index in [9.17, 15) is 4.79 Å². The maximum Gasteiger partial charge on any atom is 0.282 e. The number of aryl methyl sites for hydroxylation is 1. The van der Waals surface area contributed by atoms with E-state index in [-0.39, 0.29) is 5.56 Å². The van der Waals surface area contributed by atoms with Crippen LogP contribution in [0.25, 0.3) is 0 Å². The van der Waals surface area contributed by atoms with Crippen molar-refractivity contribution in [3.8, 4) is 0 Å². The maximum atomic E-state index is 11.8. The molecule has 0 radical (unpaired) electrons. The second kappa shape index (κ2) is 6.55. The maximum absolute atomic E-state index is 11.8. The van der Waals surface area contributed by atoms with Crippen molar-refractivity contribution in [1.29, 1.82) is 0 Å². The largest absolute Gasteiger partial charge is 0.372 e. The van der Waals surface area contributed by atoms with Crippen molar-refractivity contribution >= 4 is 21.6 Å². The van der Waals surface area contributed by atoms with E-state index in [0.29, 0.717) is 4.47 Å². The lowest BCUT2D eigenvalue weighted by Gasteiger charge is -2.26. The molecule has 5 heteroatoms. The molecule has 0 aliphatic heterocycles. The Kier molecular flexibility index (Phi) is 5.02. The van der Waals surface area contributed by atoms with Gasteiger partial charge in [0.25, 0.3) is 5.56 Å². The zero-order chi connectivity index (χ0) is 13.8. The molecule has 1 saturated carbocycles. The fourth-order valence-electron chi connectivity index (χ4n) is 2.74. The van der Waals surface area contributed by atoms with Crippen LogP contribution in [0.5, 0.6) is 0 Å². The van der Waals surface area contributed by atoms with Crippen LogP contribution >= 0.6 is 15.9 Å². The molecule has 1 fully saturated rings. The molecule has 1 aliphatic rings. The summed E-state index contributed by atoms with van der Waals surface area (Å²) >= 11 is 3.38. The topological polar surface area (TPSA) is 38.1 Å². The fraction of sp³-hybridized carbons (Fsp3) is 0.714. The Morgan fingerprint density at radius 3 is 2.79 bits per heavy atom. The molecule has 19 heavy (non-hydrogen) atoms. The molecule has 1 aromatic rings. The summed E-state index contributed by atoms with van der Waals surface area (Å²) in [5.74, 6) is 0.856. The molecule has 106 valence electrons. The SMILES string of the molecule is CN(CCC1CCCCC1)c1cnn(C)c(=O)c1Br. The van der Waals surface area contributed by atoms with Crippen LogP contribution in [0.4, 0.5) is 5.69 Å². The summed E-state index contributed by atoms with van der Waals surface area (Å²) < 4.78 is 1.96. The van der Waals surface area contributed by atoms with Gasteiger partial charge in [-0.15, -0.1) is 0 Å². The summed E-state index contributed by atoms with van der Waals surface area (Å²) in [7, 11) is 3.70. The summed E-state index contributed by atoms with van der Waals surface area (Å²) in [6, 6.07) is 0. The second-order valence-electron chi connectivity index (χ2n) is 5.49. The molecule has 0 atom stereocenters. The van der Waals surface area contributed by atoms with Gasteiger partial charge < -0.3 is 4.90 Å². The van der Waals surface area contributed by atoms with Crippen LogP contribution in [-0.2, 0) is 7.05 Å². The molecule has 0 spiro atoms. The average molecular weight is 328 g/mol. The lowest BCUT2D eigenvalue weighted by Crippen LogP contribution is -2.27. The Morgan fingerprint density at radius 2 is 2.11 bits per heavy atom.